The van der Waals surface area contributed by atoms with Gasteiger partial charge in [0, 0.05) is 7.92 Å². The van der Waals surface area contributed by atoms with E-state index < -0.39 is 6.40 Å². The van der Waals surface area contributed by atoms with Gasteiger partial charge in [-0.3, -0.25) is 4.99 Å². The van der Waals surface area contributed by atoms with Gasteiger partial charge in [0.2, 0.25) is 5.96 Å². The summed E-state index contributed by atoms with van der Waals surface area (Å²) >= 11 is 0. The number of hydrogen-bond acceptors (Lipinski definition) is 1. The number of rotatable bonds is 3. The molecule has 0 aliphatic carbocycles. The van der Waals surface area contributed by atoms with E-state index in [0.29, 0.717) is 5.56 Å². The molecule has 1 aromatic carbocycles. The molecular formula is C11H16N4. The summed E-state index contributed by atoms with van der Waals surface area (Å²) in [5.41, 5.74) is 11.2. The number of aliphatic imine (C=N–C) groups is 2. The first-order valence-corrected chi connectivity index (χ1v) is 4.42. The van der Waals surface area contributed by atoms with Gasteiger partial charge in [-0.25, -0.2) is 4.99 Å². The van der Waals surface area contributed by atoms with E-state index in [1.54, 1.807) is 6.92 Å². The van der Waals surface area contributed by atoms with E-state index in [4.69, 9.17) is 17.0 Å². The molecule has 0 aliphatic rings. The summed E-state index contributed by atoms with van der Waals surface area (Å²) in [6.07, 6.45) is -0.830. The van der Waals surface area contributed by atoms with Crippen LogP contribution in [0, 0.1) is 0 Å². The van der Waals surface area contributed by atoms with E-state index in [9.17, 15) is 0 Å². The normalized spacial score (nSPS) is 18.7. The Hall–Kier alpha value is -1.84. The van der Waals surface area contributed by atoms with Crippen LogP contribution in [-0.2, 0) is 6.40 Å². The maximum absolute atomic E-state index is 7.89. The number of nitrogens with two attached hydrogens (primary N) is 2. The molecule has 0 bridgehead atoms. The molecule has 4 N–H and O–H groups in total. The van der Waals surface area contributed by atoms with Crippen molar-refractivity contribution in [2.45, 2.75) is 13.3 Å². The second-order valence-electron chi connectivity index (χ2n) is 2.84. The zero-order chi connectivity index (χ0) is 14.6. The fourth-order valence-electron chi connectivity index (χ4n) is 0.896. The van der Waals surface area contributed by atoms with Crippen LogP contribution in [0.5, 0.6) is 0 Å². The summed E-state index contributed by atoms with van der Waals surface area (Å²) in [5.74, 6) is 0.253. The van der Waals surface area contributed by atoms with Crippen LogP contribution in [0.3, 0.4) is 0 Å². The fraction of sp³-hybridized carbons (Fsp3) is 0.273. The Balaban J connectivity index is 2.88. The van der Waals surface area contributed by atoms with Crippen LogP contribution in [0.15, 0.2) is 40.2 Å². The van der Waals surface area contributed by atoms with Gasteiger partial charge in [0.1, 0.15) is 0 Å². The largest absolute Gasteiger partial charge is 0.387 e. The van der Waals surface area contributed by atoms with Gasteiger partial charge < -0.3 is 11.5 Å². The molecular weight excluding hydrogens is 188 g/mol. The monoisotopic (exact) mass is 208 g/mol. The van der Waals surface area contributed by atoms with Gasteiger partial charge in [-0.2, -0.15) is 0 Å². The fourth-order valence-corrected chi connectivity index (χ4v) is 0.896. The zero-order valence-electron chi connectivity index (χ0n) is 12.5. The minimum absolute atomic E-state index is 0.0191. The molecule has 0 spiro atoms. The molecule has 1 rings (SSSR count). The van der Waals surface area contributed by atoms with Crippen molar-refractivity contribution in [2.24, 2.45) is 21.5 Å². The smallest absolute Gasteiger partial charge is 0.216 e. The van der Waals surface area contributed by atoms with Crippen LogP contribution < -0.4 is 11.5 Å². The quantitative estimate of drug-likeness (QED) is 0.572. The molecule has 0 saturated heterocycles. The molecule has 0 aliphatic heterocycles. The summed E-state index contributed by atoms with van der Waals surface area (Å²) in [7, 11) is 0. The Kier molecular flexibility index (Phi) is 2.55. The molecule has 0 saturated carbocycles. The summed E-state index contributed by atoms with van der Waals surface area (Å²) < 4.78 is 30.5. The van der Waals surface area contributed by atoms with Gasteiger partial charge in [0.05, 0.1) is 9.95 Å². The lowest BCUT2D eigenvalue weighted by molar-refractivity contribution is 0.962. The number of guanidine groups is 1. The number of amidine groups is 1. The first kappa shape index (κ1) is 6.61. The Morgan fingerprint density at radius 1 is 1.53 bits per heavy atom. The maximum atomic E-state index is 7.89. The van der Waals surface area contributed by atoms with Gasteiger partial charge in [-0.05, 0) is 18.9 Å². The standard InChI is InChI=1S/C11H16N4/c1-9(12)15-11(13)14-8-7-10-5-3-2-4-6-10/h2-6H,7-8H2,1H3,(H4,12,13,14,15)/i2D,3D,5D,7D. The van der Waals surface area contributed by atoms with E-state index >= 15 is 0 Å². The third-order valence-electron chi connectivity index (χ3n) is 1.48. The van der Waals surface area contributed by atoms with E-state index in [0.717, 1.165) is 0 Å². The van der Waals surface area contributed by atoms with Crippen LogP contribution in [0.4, 0.5) is 0 Å². The van der Waals surface area contributed by atoms with Crippen molar-refractivity contribution in [1.29, 1.82) is 0 Å². The van der Waals surface area contributed by atoms with E-state index in [-0.39, 0.29) is 36.5 Å². The highest BCUT2D eigenvalue weighted by Gasteiger charge is 1.91. The molecule has 80 valence electrons. The van der Waals surface area contributed by atoms with Crippen LogP contribution in [0.25, 0.3) is 0 Å². The SMILES string of the molecule is [2H]c1ccc(C([2H])CN=C(N)N=C(C)N)c([2H])c1[2H]. The predicted molar refractivity (Wildman–Crippen MR) is 63.9 cm³/mol. The summed E-state index contributed by atoms with van der Waals surface area (Å²) in [6.45, 7) is 1.59. The van der Waals surface area contributed by atoms with Crippen molar-refractivity contribution >= 4 is 11.8 Å². The molecule has 1 atom stereocenters. The first-order valence-electron chi connectivity index (χ1n) is 6.50. The topological polar surface area (TPSA) is 76.8 Å². The van der Waals surface area contributed by atoms with Gasteiger partial charge in [0.25, 0.3) is 0 Å². The van der Waals surface area contributed by atoms with Crippen molar-refractivity contribution in [3.63, 3.8) is 0 Å². The van der Waals surface area contributed by atoms with Gasteiger partial charge in [-0.15, -0.1) is 0 Å². The molecule has 0 amide bonds. The number of nitrogens with zero attached hydrogens (tertiary/aromatic N) is 2. The summed E-state index contributed by atoms with van der Waals surface area (Å²) in [4.78, 5) is 7.60. The van der Waals surface area contributed by atoms with Crippen LogP contribution in [0.1, 0.15) is 18.0 Å². The van der Waals surface area contributed by atoms with Crippen molar-refractivity contribution in [3.8, 4) is 0 Å². The number of benzene rings is 1. The molecule has 0 aromatic heterocycles. The van der Waals surface area contributed by atoms with Crippen LogP contribution >= 0.6 is 0 Å². The minimum Gasteiger partial charge on any atom is -0.387 e. The average molecular weight is 208 g/mol. The van der Waals surface area contributed by atoms with Crippen molar-refractivity contribution in [3.05, 3.63) is 35.8 Å². The molecule has 1 unspecified atom stereocenters. The van der Waals surface area contributed by atoms with Crippen molar-refractivity contribution in [2.75, 3.05) is 6.54 Å². The summed E-state index contributed by atoms with van der Waals surface area (Å²) in [6, 6.07) is 2.53. The minimum atomic E-state index is -0.830. The van der Waals surface area contributed by atoms with E-state index in [1.807, 2.05) is 0 Å². The maximum Gasteiger partial charge on any atom is 0.216 e. The molecule has 0 heterocycles. The lowest BCUT2D eigenvalue weighted by Gasteiger charge is -1.97. The average Bonchev–Trinajstić information content (AvgIpc) is 2.32. The van der Waals surface area contributed by atoms with Gasteiger partial charge in [0.15, 0.2) is 0 Å². The highest BCUT2D eigenvalue weighted by molar-refractivity contribution is 5.93. The zero-order valence-corrected chi connectivity index (χ0v) is 8.49. The Morgan fingerprint density at radius 3 is 3.07 bits per heavy atom. The van der Waals surface area contributed by atoms with Crippen LogP contribution in [0.2, 0.25) is 0 Å². The Labute approximate surface area is 95.3 Å². The van der Waals surface area contributed by atoms with E-state index in [2.05, 4.69) is 9.98 Å². The second kappa shape index (κ2) is 5.80. The lowest BCUT2D eigenvalue weighted by atomic mass is 10.2. The third-order valence-corrected chi connectivity index (χ3v) is 1.48. The van der Waals surface area contributed by atoms with Crippen LogP contribution in [-0.4, -0.2) is 18.3 Å². The third kappa shape index (κ3) is 4.81. The van der Waals surface area contributed by atoms with Crippen molar-refractivity contribution < 1.29 is 5.48 Å². The van der Waals surface area contributed by atoms with E-state index in [1.165, 1.54) is 12.1 Å². The van der Waals surface area contributed by atoms with Crippen molar-refractivity contribution in [1.82, 2.24) is 0 Å². The molecule has 0 radical (unpaired) electrons. The van der Waals surface area contributed by atoms with Gasteiger partial charge >= 0.3 is 0 Å². The molecule has 4 nitrogen and oxygen atoms in total. The molecule has 4 heteroatoms. The first-order chi connectivity index (χ1) is 8.82. The van der Waals surface area contributed by atoms with Gasteiger partial charge in [-0.1, -0.05) is 30.3 Å². The lowest BCUT2D eigenvalue weighted by Crippen LogP contribution is -2.16. The summed E-state index contributed by atoms with van der Waals surface area (Å²) in [5, 5.41) is 0. The second-order valence-corrected chi connectivity index (χ2v) is 2.84. The molecule has 1 aromatic rings. The highest BCUT2D eigenvalue weighted by atomic mass is 15.1. The highest BCUT2D eigenvalue weighted by Crippen LogP contribution is 1.99. The Morgan fingerprint density at radius 2 is 2.33 bits per heavy atom. The molecule has 15 heavy (non-hydrogen) atoms. The Bertz CT molecular complexity index is 524. The number of hydrogen-bond donors (Lipinski definition) is 2. The molecule has 0 fully saturated rings. The predicted octanol–water partition coefficient (Wildman–Crippen LogP) is 0.921.